The van der Waals surface area contributed by atoms with Gasteiger partial charge in [0.25, 0.3) is 11.1 Å². The first-order valence-corrected chi connectivity index (χ1v) is 8.98. The third-order valence-electron chi connectivity index (χ3n) is 3.09. The van der Waals surface area contributed by atoms with E-state index in [4.69, 9.17) is 21.0 Å². The predicted octanol–water partition coefficient (Wildman–Crippen LogP) is 2.98. The first-order valence-electron chi connectivity index (χ1n) is 7.37. The molecule has 1 saturated heterocycles. The van der Waals surface area contributed by atoms with Crippen molar-refractivity contribution in [2.75, 3.05) is 19.8 Å². The topological polar surface area (TPSA) is 93.1 Å². The molecule has 0 atom stereocenters. The fraction of sp³-hybridized carbons (Fsp3) is 0.235. The second kappa shape index (κ2) is 8.78. The van der Waals surface area contributed by atoms with E-state index in [1.54, 1.807) is 19.1 Å². The zero-order chi connectivity index (χ0) is 19.3. The highest BCUT2D eigenvalue weighted by Crippen LogP contribution is 2.39. The van der Waals surface area contributed by atoms with Gasteiger partial charge in [0.05, 0.1) is 22.5 Å². The lowest BCUT2D eigenvalue weighted by atomic mass is 10.2. The summed E-state index contributed by atoms with van der Waals surface area (Å²) >= 11 is 4.11. The van der Waals surface area contributed by atoms with Gasteiger partial charge in [0.1, 0.15) is 0 Å². The Morgan fingerprint density at radius 3 is 2.77 bits per heavy atom. The van der Waals surface area contributed by atoms with Gasteiger partial charge in [-0.15, -0.1) is 6.42 Å². The Morgan fingerprint density at radius 2 is 2.15 bits per heavy atom. The number of carboxylic acids is 1. The van der Waals surface area contributed by atoms with Gasteiger partial charge in [0.15, 0.2) is 18.1 Å². The van der Waals surface area contributed by atoms with Crippen LogP contribution in [0.4, 0.5) is 4.79 Å². The molecule has 1 heterocycles. The van der Waals surface area contributed by atoms with Crippen molar-refractivity contribution >= 4 is 50.9 Å². The van der Waals surface area contributed by atoms with E-state index >= 15 is 0 Å². The average molecular weight is 440 g/mol. The largest absolute Gasteiger partial charge is 0.490 e. The number of hydrogen-bond acceptors (Lipinski definition) is 6. The quantitative estimate of drug-likeness (QED) is 0.515. The van der Waals surface area contributed by atoms with Gasteiger partial charge in [-0.05, 0) is 58.4 Å². The summed E-state index contributed by atoms with van der Waals surface area (Å²) in [5.74, 6) is 1.25. The molecule has 0 aliphatic carbocycles. The summed E-state index contributed by atoms with van der Waals surface area (Å²) in [5.41, 5.74) is 0.578. The first-order chi connectivity index (χ1) is 12.4. The molecule has 0 aromatic heterocycles. The number of benzene rings is 1. The van der Waals surface area contributed by atoms with Crippen LogP contribution in [-0.4, -0.2) is 46.9 Å². The van der Waals surface area contributed by atoms with Gasteiger partial charge < -0.3 is 14.6 Å². The normalized spacial score (nSPS) is 15.3. The van der Waals surface area contributed by atoms with Gasteiger partial charge in [0.2, 0.25) is 0 Å². The Hall–Kier alpha value is -2.44. The summed E-state index contributed by atoms with van der Waals surface area (Å²) in [6.45, 7) is 1.49. The van der Waals surface area contributed by atoms with Crippen LogP contribution in [0.1, 0.15) is 12.5 Å². The van der Waals surface area contributed by atoms with E-state index in [0.29, 0.717) is 22.4 Å². The molecular formula is C17H14BrNO6S. The third-order valence-corrected chi connectivity index (χ3v) is 4.59. The molecule has 26 heavy (non-hydrogen) atoms. The lowest BCUT2D eigenvalue weighted by molar-refractivity contribution is -0.139. The highest BCUT2D eigenvalue weighted by atomic mass is 79.9. The van der Waals surface area contributed by atoms with Gasteiger partial charge in [-0.2, -0.15) is 0 Å². The molecular weight excluding hydrogens is 426 g/mol. The molecule has 7 nitrogen and oxygen atoms in total. The van der Waals surface area contributed by atoms with Crippen molar-refractivity contribution in [2.45, 2.75) is 6.92 Å². The molecule has 0 spiro atoms. The number of aliphatic carboxylic acids is 1. The number of imide groups is 1. The standard InChI is InChI=1S/C17H14BrNO6S/c1-3-5-19-16(22)13(26-17(19)23)8-10-6-11(18)15(25-9-14(20)21)12(7-10)24-4-2/h1,6-8H,4-5,9H2,2H3,(H,20,21)/b13-8+. The number of terminal acetylenes is 1. The van der Waals surface area contributed by atoms with Crippen molar-refractivity contribution in [2.24, 2.45) is 0 Å². The molecule has 136 valence electrons. The molecule has 1 N–H and O–H groups in total. The second-order valence-corrected chi connectivity index (χ2v) is 6.76. The van der Waals surface area contributed by atoms with E-state index in [0.717, 1.165) is 16.7 Å². The van der Waals surface area contributed by atoms with E-state index in [2.05, 4.69) is 21.9 Å². The zero-order valence-electron chi connectivity index (χ0n) is 13.7. The molecule has 1 aromatic carbocycles. The fourth-order valence-electron chi connectivity index (χ4n) is 2.09. The molecule has 0 saturated carbocycles. The molecule has 2 amide bonds. The number of halogens is 1. The number of carboxylic acid groups (broad SMARTS) is 1. The molecule has 0 bridgehead atoms. The van der Waals surface area contributed by atoms with Crippen molar-refractivity contribution in [3.05, 3.63) is 27.1 Å². The Balaban J connectivity index is 2.36. The van der Waals surface area contributed by atoms with Gasteiger partial charge >= 0.3 is 5.97 Å². The summed E-state index contributed by atoms with van der Waals surface area (Å²) in [6.07, 6.45) is 6.70. The minimum Gasteiger partial charge on any atom is -0.490 e. The van der Waals surface area contributed by atoms with Crippen LogP contribution in [0.15, 0.2) is 21.5 Å². The Kier molecular flexibility index (Phi) is 6.71. The van der Waals surface area contributed by atoms with Gasteiger partial charge in [-0.1, -0.05) is 5.92 Å². The van der Waals surface area contributed by atoms with Crippen LogP contribution < -0.4 is 9.47 Å². The van der Waals surface area contributed by atoms with Crippen molar-refractivity contribution in [3.63, 3.8) is 0 Å². The number of thioether (sulfide) groups is 1. The molecule has 1 aliphatic heterocycles. The summed E-state index contributed by atoms with van der Waals surface area (Å²) in [5, 5.41) is 8.35. The highest BCUT2D eigenvalue weighted by Gasteiger charge is 2.34. The molecule has 1 aromatic rings. The Bertz CT molecular complexity index is 829. The van der Waals surface area contributed by atoms with Crippen molar-refractivity contribution < 1.29 is 29.0 Å². The van der Waals surface area contributed by atoms with Gasteiger partial charge in [-0.3, -0.25) is 14.5 Å². The van der Waals surface area contributed by atoms with E-state index in [-0.39, 0.29) is 17.2 Å². The first kappa shape index (κ1) is 19.9. The second-order valence-electron chi connectivity index (χ2n) is 4.92. The van der Waals surface area contributed by atoms with Crippen LogP contribution in [0.2, 0.25) is 0 Å². The van der Waals surface area contributed by atoms with Crippen LogP contribution in [-0.2, 0) is 9.59 Å². The molecule has 0 radical (unpaired) electrons. The maximum atomic E-state index is 12.2. The lowest BCUT2D eigenvalue weighted by Gasteiger charge is -2.13. The van der Waals surface area contributed by atoms with Crippen molar-refractivity contribution in [1.29, 1.82) is 0 Å². The summed E-state index contributed by atoms with van der Waals surface area (Å²) in [6, 6.07) is 3.23. The third kappa shape index (κ3) is 4.59. The molecule has 9 heteroatoms. The molecule has 1 aliphatic rings. The van der Waals surface area contributed by atoms with Crippen molar-refractivity contribution in [1.82, 2.24) is 4.90 Å². The van der Waals surface area contributed by atoms with Crippen molar-refractivity contribution in [3.8, 4) is 23.8 Å². The average Bonchev–Trinajstić information content (AvgIpc) is 2.82. The minimum absolute atomic E-state index is 0.0855. The van der Waals surface area contributed by atoms with Crippen LogP contribution in [0.25, 0.3) is 6.08 Å². The Labute approximate surface area is 162 Å². The predicted molar refractivity (Wildman–Crippen MR) is 100.0 cm³/mol. The van der Waals surface area contributed by atoms with E-state index in [1.165, 1.54) is 6.08 Å². The smallest absolute Gasteiger partial charge is 0.341 e. The molecule has 0 unspecified atom stereocenters. The van der Waals surface area contributed by atoms with Gasteiger partial charge in [-0.25, -0.2) is 4.79 Å². The number of hydrogen-bond donors (Lipinski definition) is 1. The van der Waals surface area contributed by atoms with Crippen LogP contribution in [0, 0.1) is 12.3 Å². The zero-order valence-corrected chi connectivity index (χ0v) is 16.1. The summed E-state index contributed by atoms with van der Waals surface area (Å²) in [4.78, 5) is 36.0. The van der Waals surface area contributed by atoms with Crippen LogP contribution in [0.5, 0.6) is 11.5 Å². The van der Waals surface area contributed by atoms with E-state index < -0.39 is 23.7 Å². The fourth-order valence-corrected chi connectivity index (χ4v) is 3.50. The highest BCUT2D eigenvalue weighted by molar-refractivity contribution is 9.10. The van der Waals surface area contributed by atoms with Crippen LogP contribution >= 0.6 is 27.7 Å². The van der Waals surface area contributed by atoms with Gasteiger partial charge in [0, 0.05) is 0 Å². The van der Waals surface area contributed by atoms with E-state index in [1.807, 2.05) is 0 Å². The number of nitrogens with zero attached hydrogens (tertiary/aromatic N) is 1. The maximum absolute atomic E-state index is 12.2. The number of ether oxygens (including phenoxy) is 2. The number of rotatable bonds is 7. The Morgan fingerprint density at radius 1 is 1.42 bits per heavy atom. The molecule has 1 fully saturated rings. The summed E-state index contributed by atoms with van der Waals surface area (Å²) < 4.78 is 11.2. The number of carbonyl (C=O) groups excluding carboxylic acids is 2. The SMILES string of the molecule is C#CCN1C(=O)S/C(=C/c2cc(Br)c(OCC(=O)O)c(OCC)c2)C1=O. The maximum Gasteiger partial charge on any atom is 0.341 e. The monoisotopic (exact) mass is 439 g/mol. The molecule has 2 rings (SSSR count). The number of carbonyl (C=O) groups is 3. The lowest BCUT2D eigenvalue weighted by Crippen LogP contribution is -2.28. The van der Waals surface area contributed by atoms with E-state index in [9.17, 15) is 14.4 Å². The van der Waals surface area contributed by atoms with Crippen LogP contribution in [0.3, 0.4) is 0 Å². The minimum atomic E-state index is -1.12. The summed E-state index contributed by atoms with van der Waals surface area (Å²) in [7, 11) is 0. The number of amides is 2.